The molecule has 2 aromatic rings. The van der Waals surface area contributed by atoms with Crippen LogP contribution >= 0.6 is 0 Å². The Bertz CT molecular complexity index is 1300. The summed E-state index contributed by atoms with van der Waals surface area (Å²) in [5.74, 6) is -1.59. The fourth-order valence-corrected chi connectivity index (χ4v) is 5.71. The quantitative estimate of drug-likeness (QED) is 0.620. The van der Waals surface area contributed by atoms with Gasteiger partial charge in [0.1, 0.15) is 18.5 Å². The van der Waals surface area contributed by atoms with Crippen LogP contribution in [0.15, 0.2) is 42.5 Å². The van der Waals surface area contributed by atoms with Crippen molar-refractivity contribution in [3.63, 3.8) is 0 Å². The molecular formula is C28H30FN3O6. The van der Waals surface area contributed by atoms with Crippen molar-refractivity contribution in [3.05, 3.63) is 65.0 Å². The normalized spacial score (nSPS) is 25.1. The predicted molar refractivity (Wildman–Crippen MR) is 134 cm³/mol. The molecule has 2 saturated heterocycles. The summed E-state index contributed by atoms with van der Waals surface area (Å²) in [7, 11) is 1.45. The maximum atomic E-state index is 13.6. The molecule has 200 valence electrons. The van der Waals surface area contributed by atoms with Gasteiger partial charge in [0.05, 0.1) is 6.04 Å². The number of benzene rings is 2. The van der Waals surface area contributed by atoms with E-state index in [-0.39, 0.29) is 36.1 Å². The molecule has 0 radical (unpaired) electrons. The highest BCUT2D eigenvalue weighted by Gasteiger charge is 2.58. The molecule has 1 N–H and O–H groups in total. The Labute approximate surface area is 219 Å². The van der Waals surface area contributed by atoms with Gasteiger partial charge in [-0.2, -0.15) is 0 Å². The van der Waals surface area contributed by atoms with E-state index in [9.17, 15) is 23.6 Å². The molecule has 4 amide bonds. The first-order valence-corrected chi connectivity index (χ1v) is 12.7. The van der Waals surface area contributed by atoms with Crippen LogP contribution in [0.5, 0.6) is 0 Å². The number of ether oxygens (including phenoxy) is 2. The molecule has 2 fully saturated rings. The molecule has 10 heteroatoms. The zero-order valence-corrected chi connectivity index (χ0v) is 21.5. The van der Waals surface area contributed by atoms with E-state index in [4.69, 9.17) is 9.47 Å². The van der Waals surface area contributed by atoms with E-state index in [1.807, 2.05) is 6.92 Å². The van der Waals surface area contributed by atoms with E-state index < -0.39 is 30.3 Å². The Morgan fingerprint density at radius 3 is 2.63 bits per heavy atom. The van der Waals surface area contributed by atoms with Crippen LogP contribution < -0.4 is 5.32 Å². The number of imide groups is 1. The van der Waals surface area contributed by atoms with E-state index in [2.05, 4.69) is 5.32 Å². The van der Waals surface area contributed by atoms with Crippen molar-refractivity contribution in [1.29, 1.82) is 0 Å². The van der Waals surface area contributed by atoms with Crippen LogP contribution in [0.4, 0.5) is 14.9 Å². The molecule has 3 aliphatic rings. The number of fused-ring (bicyclic) bond motifs is 2. The summed E-state index contributed by atoms with van der Waals surface area (Å²) in [5, 5.41) is 2.77. The lowest BCUT2D eigenvalue weighted by Gasteiger charge is -2.30. The molecule has 9 nitrogen and oxygen atoms in total. The van der Waals surface area contributed by atoms with Crippen LogP contribution in [-0.4, -0.2) is 59.4 Å². The van der Waals surface area contributed by atoms with Crippen molar-refractivity contribution in [2.24, 2.45) is 0 Å². The second-order valence-corrected chi connectivity index (χ2v) is 10.1. The number of methoxy groups -OCH3 is 1. The highest BCUT2D eigenvalue weighted by Crippen LogP contribution is 2.46. The predicted octanol–water partition coefficient (Wildman–Crippen LogP) is 3.67. The van der Waals surface area contributed by atoms with Crippen LogP contribution in [0, 0.1) is 5.82 Å². The number of halogens is 1. The number of aryl methyl sites for hydroxylation is 1. The van der Waals surface area contributed by atoms with Gasteiger partial charge in [-0.05, 0) is 68.5 Å². The topological polar surface area (TPSA) is 105 Å². The van der Waals surface area contributed by atoms with E-state index in [0.29, 0.717) is 24.1 Å². The van der Waals surface area contributed by atoms with Gasteiger partial charge in [0, 0.05) is 30.8 Å². The average molecular weight is 524 g/mol. The summed E-state index contributed by atoms with van der Waals surface area (Å²) >= 11 is 0. The molecular weight excluding hydrogens is 493 g/mol. The summed E-state index contributed by atoms with van der Waals surface area (Å²) in [6.07, 6.45) is 0.700. The number of amides is 4. The Hall–Kier alpha value is -3.79. The Kier molecular flexibility index (Phi) is 6.68. The van der Waals surface area contributed by atoms with Crippen LogP contribution in [0.25, 0.3) is 0 Å². The number of carbonyl (C=O) groups is 4. The second kappa shape index (κ2) is 9.83. The van der Waals surface area contributed by atoms with Crippen LogP contribution in [0.1, 0.15) is 55.8 Å². The number of hydrogen-bond acceptors (Lipinski definition) is 6. The Morgan fingerprint density at radius 2 is 1.92 bits per heavy atom. The number of carbonyl (C=O) groups excluding carboxylic acids is 4. The van der Waals surface area contributed by atoms with Gasteiger partial charge >= 0.3 is 6.09 Å². The molecule has 2 aromatic carbocycles. The summed E-state index contributed by atoms with van der Waals surface area (Å²) in [5.41, 5.74) is 1.22. The van der Waals surface area contributed by atoms with E-state index in [0.717, 1.165) is 22.4 Å². The van der Waals surface area contributed by atoms with E-state index >= 15 is 0 Å². The second-order valence-electron chi connectivity index (χ2n) is 10.1. The summed E-state index contributed by atoms with van der Waals surface area (Å²) in [4.78, 5) is 54.7. The molecule has 1 aliphatic carbocycles. The lowest BCUT2D eigenvalue weighted by Crippen LogP contribution is -2.46. The van der Waals surface area contributed by atoms with Crippen molar-refractivity contribution in [3.8, 4) is 0 Å². The fourth-order valence-electron chi connectivity index (χ4n) is 5.71. The van der Waals surface area contributed by atoms with E-state index in [1.54, 1.807) is 42.2 Å². The average Bonchev–Trinajstić information content (AvgIpc) is 3.54. The number of rotatable bonds is 6. The molecule has 2 aliphatic heterocycles. The zero-order chi connectivity index (χ0) is 27.2. The molecule has 4 atom stereocenters. The standard InChI is InChI=1S/C28H30FN3O6/c1-16-4-11-23(18-5-7-20(29)8-6-18)32(16)24(33)15-31-26(35)28(38-27(31)36)13-12-19-14-21(9-10-22(19)28)30-25(34)17(2)37-3/h5-10,14,16-17,23H,4,11-13,15H2,1-3H3,(H,30,34)/t16-,17-,23-,28?/m0/s1. The minimum atomic E-state index is -1.48. The first-order valence-electron chi connectivity index (χ1n) is 12.7. The molecule has 1 spiro atoms. The summed E-state index contributed by atoms with van der Waals surface area (Å²) < 4.78 is 24.1. The van der Waals surface area contributed by atoms with Gasteiger partial charge in [-0.1, -0.05) is 18.2 Å². The third kappa shape index (κ3) is 4.32. The first-order chi connectivity index (χ1) is 18.1. The van der Waals surface area contributed by atoms with Crippen LogP contribution in [-0.2, 0) is 35.9 Å². The molecule has 5 rings (SSSR count). The molecule has 0 bridgehead atoms. The maximum absolute atomic E-state index is 13.6. The number of hydrogen-bond donors (Lipinski definition) is 1. The van der Waals surface area contributed by atoms with Gasteiger partial charge in [-0.3, -0.25) is 14.4 Å². The number of nitrogens with one attached hydrogen (secondary N) is 1. The fraction of sp³-hybridized carbons (Fsp3) is 0.429. The number of nitrogens with zero attached hydrogens (tertiary/aromatic N) is 2. The van der Waals surface area contributed by atoms with Crippen molar-refractivity contribution in [2.45, 2.75) is 63.3 Å². The van der Waals surface area contributed by atoms with Gasteiger partial charge in [-0.25, -0.2) is 14.1 Å². The molecule has 38 heavy (non-hydrogen) atoms. The molecule has 0 aromatic heterocycles. The largest absolute Gasteiger partial charge is 0.427 e. The van der Waals surface area contributed by atoms with Crippen molar-refractivity contribution < 1.29 is 33.0 Å². The van der Waals surface area contributed by atoms with Crippen molar-refractivity contribution >= 4 is 29.5 Å². The van der Waals surface area contributed by atoms with Crippen molar-refractivity contribution in [2.75, 3.05) is 19.0 Å². The van der Waals surface area contributed by atoms with Gasteiger partial charge in [0.15, 0.2) is 0 Å². The monoisotopic (exact) mass is 523 g/mol. The number of likely N-dealkylation sites (tertiary alicyclic amines) is 1. The van der Waals surface area contributed by atoms with Gasteiger partial charge < -0.3 is 19.7 Å². The first kappa shape index (κ1) is 25.8. The van der Waals surface area contributed by atoms with Crippen molar-refractivity contribution in [1.82, 2.24) is 9.80 Å². The Balaban J connectivity index is 1.33. The number of anilines is 1. The SMILES string of the molecule is CO[C@@H](C)C(=O)Nc1ccc2c(c1)CCC21OC(=O)N(CC(=O)N2[C@@H](C)CC[C@H]2c2ccc(F)cc2)C1=O. The molecule has 1 unspecified atom stereocenters. The van der Waals surface area contributed by atoms with Gasteiger partial charge in [0.25, 0.3) is 11.8 Å². The smallest absolute Gasteiger partial charge is 0.418 e. The van der Waals surface area contributed by atoms with Gasteiger partial charge in [0.2, 0.25) is 11.5 Å². The van der Waals surface area contributed by atoms with Crippen LogP contribution in [0.3, 0.4) is 0 Å². The summed E-state index contributed by atoms with van der Waals surface area (Å²) in [6.45, 7) is 3.12. The highest BCUT2D eigenvalue weighted by molar-refractivity contribution is 6.06. The molecule has 0 saturated carbocycles. The highest BCUT2D eigenvalue weighted by atomic mass is 19.1. The minimum Gasteiger partial charge on any atom is -0.427 e. The lowest BCUT2D eigenvalue weighted by molar-refractivity contribution is -0.143. The summed E-state index contributed by atoms with van der Waals surface area (Å²) in [6, 6.07) is 10.8. The third-order valence-electron chi connectivity index (χ3n) is 7.85. The van der Waals surface area contributed by atoms with Crippen LogP contribution in [0.2, 0.25) is 0 Å². The minimum absolute atomic E-state index is 0.0955. The Morgan fingerprint density at radius 1 is 1.18 bits per heavy atom. The third-order valence-corrected chi connectivity index (χ3v) is 7.85. The van der Waals surface area contributed by atoms with Gasteiger partial charge in [-0.15, -0.1) is 0 Å². The van der Waals surface area contributed by atoms with E-state index in [1.165, 1.54) is 19.2 Å². The molecule has 2 heterocycles. The maximum Gasteiger partial charge on any atom is 0.418 e. The zero-order valence-electron chi connectivity index (χ0n) is 21.5. The lowest BCUT2D eigenvalue weighted by atomic mass is 9.94.